The van der Waals surface area contributed by atoms with Gasteiger partial charge in [0.2, 0.25) is 0 Å². The Balaban J connectivity index is 1.56. The highest BCUT2D eigenvalue weighted by molar-refractivity contribution is 7.89. The molecule has 0 atom stereocenters. The predicted molar refractivity (Wildman–Crippen MR) is 115 cm³/mol. The lowest BCUT2D eigenvalue weighted by Crippen LogP contribution is -2.43. The number of hydrogen-bond donors (Lipinski definition) is 4. The van der Waals surface area contributed by atoms with Gasteiger partial charge in [-0.1, -0.05) is 48.6 Å². The van der Waals surface area contributed by atoms with Crippen molar-refractivity contribution in [3.05, 3.63) is 84.0 Å². The van der Waals surface area contributed by atoms with Crippen molar-refractivity contribution in [1.82, 2.24) is 20.5 Å². The standard InChI is InChI=1S/C20H20N4O6S2/c25-19(21-23-31(27,28)17-7-3-1-4-8-17)15-11-13-16(14-12-15)20(26)22-24-32(29,30)18-9-5-2-6-10-18/h1-11,13,23-24H,12,14H2,(H,21,25)(H,22,26). The summed E-state index contributed by atoms with van der Waals surface area (Å²) in [4.78, 5) is 28.5. The molecule has 0 unspecified atom stereocenters. The van der Waals surface area contributed by atoms with Gasteiger partial charge in [-0.05, 0) is 37.1 Å². The lowest BCUT2D eigenvalue weighted by molar-refractivity contribution is -0.119. The van der Waals surface area contributed by atoms with E-state index in [2.05, 4.69) is 10.9 Å². The van der Waals surface area contributed by atoms with Crippen molar-refractivity contribution in [2.45, 2.75) is 22.6 Å². The topological polar surface area (TPSA) is 151 Å². The first-order chi connectivity index (χ1) is 15.2. The van der Waals surface area contributed by atoms with E-state index in [0.717, 1.165) is 0 Å². The van der Waals surface area contributed by atoms with Crippen LogP contribution < -0.4 is 20.5 Å². The Kier molecular flexibility index (Phi) is 7.20. The average Bonchev–Trinajstić information content (AvgIpc) is 2.82. The monoisotopic (exact) mass is 476 g/mol. The number of amides is 2. The van der Waals surface area contributed by atoms with Crippen molar-refractivity contribution >= 4 is 31.9 Å². The summed E-state index contributed by atoms with van der Waals surface area (Å²) in [5, 5.41) is 0. The van der Waals surface area contributed by atoms with Gasteiger partial charge >= 0.3 is 0 Å². The highest BCUT2D eigenvalue weighted by Gasteiger charge is 2.21. The Morgan fingerprint density at radius 3 is 1.25 bits per heavy atom. The van der Waals surface area contributed by atoms with Crippen molar-refractivity contribution in [3.8, 4) is 0 Å². The van der Waals surface area contributed by atoms with Crippen molar-refractivity contribution in [1.29, 1.82) is 0 Å². The maximum absolute atomic E-state index is 12.2. The molecule has 0 radical (unpaired) electrons. The third kappa shape index (κ3) is 5.88. The molecule has 0 fully saturated rings. The maximum Gasteiger partial charge on any atom is 0.262 e. The Bertz CT molecular complexity index is 1170. The molecule has 4 N–H and O–H groups in total. The molecular weight excluding hydrogens is 456 g/mol. The molecule has 1 aliphatic rings. The smallest absolute Gasteiger partial charge is 0.262 e. The fourth-order valence-corrected chi connectivity index (χ4v) is 4.44. The zero-order valence-electron chi connectivity index (χ0n) is 16.6. The molecule has 12 heteroatoms. The number of allylic oxidation sites excluding steroid dienone is 2. The van der Waals surface area contributed by atoms with Gasteiger partial charge in [0.25, 0.3) is 31.9 Å². The third-order valence-corrected chi connectivity index (χ3v) is 6.96. The minimum atomic E-state index is -3.92. The number of hydrogen-bond acceptors (Lipinski definition) is 6. The van der Waals surface area contributed by atoms with Crippen molar-refractivity contribution < 1.29 is 26.4 Å². The summed E-state index contributed by atoms with van der Waals surface area (Å²) < 4.78 is 48.6. The van der Waals surface area contributed by atoms with Crippen molar-refractivity contribution in [3.63, 3.8) is 0 Å². The van der Waals surface area contributed by atoms with Crippen LogP contribution in [0.15, 0.2) is 93.8 Å². The van der Waals surface area contributed by atoms with Crippen LogP contribution in [-0.4, -0.2) is 28.6 Å². The van der Waals surface area contributed by atoms with Crippen LogP contribution in [0.2, 0.25) is 0 Å². The van der Waals surface area contributed by atoms with E-state index >= 15 is 0 Å². The molecular formula is C20H20N4O6S2. The van der Waals surface area contributed by atoms with E-state index in [0.29, 0.717) is 0 Å². The van der Waals surface area contributed by atoms with Gasteiger partial charge in [-0.3, -0.25) is 20.4 Å². The largest absolute Gasteiger partial charge is 0.274 e. The predicted octanol–water partition coefficient (Wildman–Crippen LogP) is 0.652. The minimum absolute atomic E-state index is 0.00488. The molecule has 0 heterocycles. The third-order valence-electron chi connectivity index (χ3n) is 4.44. The van der Waals surface area contributed by atoms with Crippen LogP contribution in [0.1, 0.15) is 12.8 Å². The highest BCUT2D eigenvalue weighted by atomic mass is 32.2. The lowest BCUT2D eigenvalue weighted by Gasteiger charge is -2.15. The van der Waals surface area contributed by atoms with Gasteiger partial charge in [0.1, 0.15) is 0 Å². The summed E-state index contributed by atoms with van der Waals surface area (Å²) in [6, 6.07) is 15.1. The summed E-state index contributed by atoms with van der Waals surface area (Å²) in [7, 11) is -7.83. The number of benzene rings is 2. The maximum atomic E-state index is 12.2. The van der Waals surface area contributed by atoms with E-state index in [-0.39, 0.29) is 33.8 Å². The van der Waals surface area contributed by atoms with E-state index in [9.17, 15) is 26.4 Å². The van der Waals surface area contributed by atoms with Gasteiger partial charge in [0, 0.05) is 11.1 Å². The molecule has 0 saturated heterocycles. The Morgan fingerprint density at radius 2 is 0.938 bits per heavy atom. The van der Waals surface area contributed by atoms with Crippen LogP contribution in [-0.2, 0) is 29.6 Å². The van der Waals surface area contributed by atoms with Gasteiger partial charge < -0.3 is 0 Å². The summed E-state index contributed by atoms with van der Waals surface area (Å²) in [5.74, 6) is -1.32. The van der Waals surface area contributed by atoms with Gasteiger partial charge in [-0.25, -0.2) is 16.8 Å². The van der Waals surface area contributed by atoms with E-state index in [1.807, 2.05) is 9.66 Å². The molecule has 3 rings (SSSR count). The summed E-state index contributed by atoms with van der Waals surface area (Å²) >= 11 is 0. The Hall–Kier alpha value is -3.32. The molecule has 0 spiro atoms. The molecule has 10 nitrogen and oxygen atoms in total. The molecule has 2 aromatic carbocycles. The number of carbonyl (C=O) groups is 2. The van der Waals surface area contributed by atoms with E-state index in [1.165, 1.54) is 36.4 Å². The molecule has 32 heavy (non-hydrogen) atoms. The SMILES string of the molecule is O=C(NNS(=O)(=O)c1ccccc1)C1=CC=C(C(=O)NNS(=O)(=O)c2ccccc2)CC1. The second kappa shape index (κ2) is 9.87. The van der Waals surface area contributed by atoms with Crippen LogP contribution >= 0.6 is 0 Å². The summed E-state index contributed by atoms with van der Waals surface area (Å²) in [6.07, 6.45) is 3.06. The van der Waals surface area contributed by atoms with Crippen LogP contribution in [0.25, 0.3) is 0 Å². The first-order valence-corrected chi connectivity index (χ1v) is 12.3. The van der Waals surface area contributed by atoms with Crippen LogP contribution in [0.5, 0.6) is 0 Å². The molecule has 0 aromatic heterocycles. The molecule has 2 amide bonds. The number of rotatable bonds is 8. The highest BCUT2D eigenvalue weighted by Crippen LogP contribution is 2.18. The molecule has 0 saturated carbocycles. The second-order valence-corrected chi connectivity index (χ2v) is 9.99. The van der Waals surface area contributed by atoms with E-state index in [1.54, 1.807) is 36.4 Å². The first kappa shape index (κ1) is 23.3. The molecule has 0 bridgehead atoms. The number of carbonyl (C=O) groups excluding carboxylic acids is 2. The average molecular weight is 477 g/mol. The molecule has 1 aliphatic carbocycles. The van der Waals surface area contributed by atoms with Crippen LogP contribution in [0.3, 0.4) is 0 Å². The fourth-order valence-electron chi connectivity index (χ4n) is 2.72. The first-order valence-electron chi connectivity index (χ1n) is 9.33. The second-order valence-electron chi connectivity index (χ2n) is 6.63. The molecule has 2 aromatic rings. The Labute approximate surface area is 185 Å². The van der Waals surface area contributed by atoms with Gasteiger partial charge in [0.15, 0.2) is 0 Å². The van der Waals surface area contributed by atoms with Crippen molar-refractivity contribution in [2.75, 3.05) is 0 Å². The van der Waals surface area contributed by atoms with Gasteiger partial charge in [-0.15, -0.1) is 9.66 Å². The van der Waals surface area contributed by atoms with Crippen LogP contribution in [0, 0.1) is 0 Å². The normalized spacial score (nSPS) is 14.1. The van der Waals surface area contributed by atoms with E-state index < -0.39 is 31.9 Å². The number of hydrazine groups is 2. The quantitative estimate of drug-likeness (QED) is 0.411. The minimum Gasteiger partial charge on any atom is -0.274 e. The Morgan fingerprint density at radius 1 is 0.594 bits per heavy atom. The van der Waals surface area contributed by atoms with Gasteiger partial charge in [-0.2, -0.15) is 0 Å². The molecule has 168 valence electrons. The molecule has 0 aliphatic heterocycles. The van der Waals surface area contributed by atoms with Crippen LogP contribution in [0.4, 0.5) is 0 Å². The summed E-state index contributed by atoms with van der Waals surface area (Å²) in [6.45, 7) is 0. The number of sulfonamides is 2. The number of nitrogens with one attached hydrogen (secondary N) is 4. The fraction of sp³-hybridized carbons (Fsp3) is 0.100. The van der Waals surface area contributed by atoms with E-state index in [4.69, 9.17) is 0 Å². The lowest BCUT2D eigenvalue weighted by atomic mass is 9.97. The summed E-state index contributed by atoms with van der Waals surface area (Å²) in [5.41, 5.74) is 4.77. The zero-order valence-corrected chi connectivity index (χ0v) is 18.2. The van der Waals surface area contributed by atoms with Gasteiger partial charge in [0.05, 0.1) is 9.79 Å². The van der Waals surface area contributed by atoms with Crippen molar-refractivity contribution in [2.24, 2.45) is 0 Å². The zero-order chi connectivity index (χ0) is 23.2.